The molecule has 0 radical (unpaired) electrons. The molecule has 27 nitrogen and oxygen atoms in total. The van der Waals surface area contributed by atoms with Gasteiger partial charge in [0.15, 0.2) is 68.5 Å². The first-order valence-electron chi connectivity index (χ1n) is 45.6. The molecule has 0 unspecified atom stereocenters. The van der Waals surface area contributed by atoms with Crippen LogP contribution in [0.5, 0.6) is 17.2 Å². The van der Waals surface area contributed by atoms with E-state index in [0.717, 1.165) is 114 Å². The average molecular weight is 2070 g/mol. The second kappa shape index (κ2) is 65.9. The van der Waals surface area contributed by atoms with Gasteiger partial charge >= 0.3 is 5.95 Å². The fraction of sp³-hybridized carbons (Fsp3) is 0.207. The van der Waals surface area contributed by atoms with E-state index in [4.69, 9.17) is 44.1 Å². The number of aromatic hydroxyl groups is 1. The zero-order valence-corrected chi connectivity index (χ0v) is 84.4. The maximum absolute atomic E-state index is 10.1. The van der Waals surface area contributed by atoms with Crippen molar-refractivity contribution in [3.05, 3.63) is 438 Å². The van der Waals surface area contributed by atoms with Crippen LogP contribution in [0.1, 0.15) is 110 Å². The molecule has 150 heavy (non-hydrogen) atoms. The van der Waals surface area contributed by atoms with Gasteiger partial charge in [-0.15, -0.1) is 9.80 Å². The minimum atomic E-state index is 0. The number of hydrazone groups is 4. The predicted molar refractivity (Wildman–Crippen MR) is 628 cm³/mol. The Balaban J connectivity index is 0.000000437. The molecule has 784 valence electrons. The van der Waals surface area contributed by atoms with E-state index in [1.807, 2.05) is 467 Å². The summed E-state index contributed by atoms with van der Waals surface area (Å²) in [6.45, 7) is 0.965. The van der Waals surface area contributed by atoms with Crippen LogP contribution < -0.4 is 77.6 Å². The number of nitrogen functional groups attached to an aromatic ring is 2. The molecule has 0 aliphatic carbocycles. The SMILES string of the molecule is C.C.C.C.C.C.C.C.CN(N=Cc1cc[n+](C)cc1)c1ccccc1.CN(N=Cc1cccc[n+]1C)c1ccc(Cl)cc1.COc1ccc(N(C)N=Cc2cc[n+](C)cc2)cc1.COc1ccc(N=Nc2n(C)cc[n+]2C)cc1.C[n+]1ccc(C=Cc2ccc(N)cc2)cc1.C[n+]1ccccc1C=Cc1ccc(N)cc1.C[n+]1ccccc1C=NN1CCc2ccccc21.Cn1c2c(N=Nc3ccc(Cl)cc3)c(O)ccc2c[n+]1C. The number of anilines is 6. The Morgan fingerprint density at radius 2 is 0.753 bits per heavy atom. The van der Waals surface area contributed by atoms with Crippen LogP contribution in [-0.2, 0) is 76.9 Å². The molecule has 9 aromatic carbocycles. The number of aryl methyl sites for hydroxylation is 10. The van der Waals surface area contributed by atoms with Gasteiger partial charge in [0.25, 0.3) is 0 Å². The second-order valence-electron chi connectivity index (χ2n) is 32.7. The van der Waals surface area contributed by atoms with E-state index in [9.17, 15) is 5.11 Å². The number of imidazole rings is 1. The van der Waals surface area contributed by atoms with E-state index in [1.165, 1.54) is 22.5 Å². The van der Waals surface area contributed by atoms with Crippen LogP contribution >= 0.6 is 23.2 Å². The minimum Gasteiger partial charge on any atom is -0.506 e. The molecule has 29 heteroatoms. The van der Waals surface area contributed by atoms with Gasteiger partial charge in [0.1, 0.15) is 83.2 Å². The average Bonchev–Trinajstić information content (AvgIpc) is 1.63. The lowest BCUT2D eigenvalue weighted by molar-refractivity contribution is -0.748. The first-order chi connectivity index (χ1) is 68.7. The Morgan fingerprint density at radius 3 is 1.21 bits per heavy atom. The predicted octanol–water partition coefficient (Wildman–Crippen LogP) is 24.2. The van der Waals surface area contributed by atoms with Gasteiger partial charge in [-0.3, -0.25) is 20.0 Å². The van der Waals surface area contributed by atoms with Gasteiger partial charge in [-0.25, -0.2) is 36.5 Å². The Hall–Kier alpha value is -17.3. The number of phenols is 1. The van der Waals surface area contributed by atoms with Crippen LogP contribution in [-0.4, -0.2) is 81.1 Å². The van der Waals surface area contributed by atoms with Gasteiger partial charge in [-0.2, -0.15) is 30.2 Å². The van der Waals surface area contributed by atoms with Crippen molar-refractivity contribution in [2.24, 2.45) is 111 Å². The van der Waals surface area contributed by atoms with Crippen LogP contribution in [0.25, 0.3) is 35.2 Å². The van der Waals surface area contributed by atoms with Crippen molar-refractivity contribution in [2.75, 3.05) is 73.4 Å². The molecule has 0 spiro atoms. The first-order valence-corrected chi connectivity index (χ1v) is 46.3. The van der Waals surface area contributed by atoms with Gasteiger partial charge in [-0.1, -0.05) is 161 Å². The summed E-state index contributed by atoms with van der Waals surface area (Å²) in [7, 11) is 28.8. The highest BCUT2D eigenvalue weighted by molar-refractivity contribution is 6.31. The van der Waals surface area contributed by atoms with Crippen molar-refractivity contribution in [1.82, 2.24) is 9.25 Å². The molecule has 0 atom stereocenters. The number of fused-ring (bicyclic) bond motifs is 2. The number of methoxy groups -OCH3 is 2. The summed E-state index contributed by atoms with van der Waals surface area (Å²) < 4.78 is 30.0. The van der Waals surface area contributed by atoms with Crippen LogP contribution in [0, 0.1) is 0 Å². The van der Waals surface area contributed by atoms with Gasteiger partial charge < -0.3 is 26.0 Å². The molecule has 1 aliphatic rings. The maximum atomic E-state index is 10.1. The number of para-hydroxylation sites is 2. The number of halogens is 2. The first kappa shape index (κ1) is 127. The lowest BCUT2D eigenvalue weighted by atomic mass is 10.1. The molecule has 0 saturated heterocycles. The third-order valence-electron chi connectivity index (χ3n) is 22.0. The monoisotopic (exact) mass is 2060 g/mol. The van der Waals surface area contributed by atoms with Gasteiger partial charge in [-0.05, 0) is 205 Å². The van der Waals surface area contributed by atoms with Crippen molar-refractivity contribution in [1.29, 1.82) is 0 Å². The highest BCUT2D eigenvalue weighted by Gasteiger charge is 2.20. The van der Waals surface area contributed by atoms with Crippen LogP contribution in [0.15, 0.2) is 419 Å². The lowest BCUT2D eigenvalue weighted by Crippen LogP contribution is -2.35. The zero-order chi connectivity index (χ0) is 101. The number of rotatable bonds is 21. The number of pyridine rings is 6. The molecule has 0 amide bonds. The van der Waals surface area contributed by atoms with Gasteiger partial charge in [0.05, 0.1) is 94.0 Å². The van der Waals surface area contributed by atoms with Crippen LogP contribution in [0.2, 0.25) is 10.0 Å². The number of hydrogen-bond acceptors (Lipinski definition) is 17. The van der Waals surface area contributed by atoms with E-state index < -0.39 is 0 Å². The molecular weight excluding hydrogens is 1910 g/mol. The molecule has 8 aromatic heterocycles. The molecule has 5 N–H and O–H groups in total. The summed E-state index contributed by atoms with van der Waals surface area (Å²) in [5.41, 5.74) is 30.2. The Kier molecular flexibility index (Phi) is 55.8. The van der Waals surface area contributed by atoms with Crippen molar-refractivity contribution in [3.63, 3.8) is 0 Å². The highest BCUT2D eigenvalue weighted by atomic mass is 35.5. The maximum Gasteiger partial charge on any atom is 0.421 e. The minimum absolute atomic E-state index is 0. The number of hydrogen-bond donors (Lipinski definition) is 3. The molecule has 0 saturated carbocycles. The summed E-state index contributed by atoms with van der Waals surface area (Å²) in [4.78, 5) is 0. The number of nitrogens with zero attached hydrogens (tertiary/aromatic N) is 22. The van der Waals surface area contributed by atoms with E-state index in [1.54, 1.807) is 44.6 Å². The number of benzene rings is 9. The van der Waals surface area contributed by atoms with Crippen LogP contribution in [0.3, 0.4) is 0 Å². The van der Waals surface area contributed by atoms with E-state index >= 15 is 0 Å². The normalized spacial score (nSPS) is 10.7. The second-order valence-corrected chi connectivity index (χ2v) is 33.5. The molecule has 0 fully saturated rings. The Morgan fingerprint density at radius 1 is 0.367 bits per heavy atom. The fourth-order valence-electron chi connectivity index (χ4n) is 13.4. The molecule has 17 aromatic rings. The van der Waals surface area contributed by atoms with Crippen molar-refractivity contribution >= 4 is 140 Å². The number of nitrogens with two attached hydrogens (primary N) is 2. The summed E-state index contributed by atoms with van der Waals surface area (Å²) >= 11 is 11.7. The topological polar surface area (TPSA) is 243 Å². The summed E-state index contributed by atoms with van der Waals surface area (Å²) in [5.74, 6) is 2.55. The quantitative estimate of drug-likeness (QED) is 0.0203. The van der Waals surface area contributed by atoms with E-state index in [2.05, 4.69) is 128 Å². The number of phenolic OH excluding ortho intramolecular Hbond substituents is 1. The van der Waals surface area contributed by atoms with E-state index in [0.29, 0.717) is 16.4 Å². The number of ether oxygens (including phenoxy) is 2. The van der Waals surface area contributed by atoms with Gasteiger partial charge in [0, 0.05) is 144 Å². The Labute approximate surface area is 901 Å². The zero-order valence-electron chi connectivity index (χ0n) is 82.8. The highest BCUT2D eigenvalue weighted by Crippen LogP contribution is 2.36. The fourth-order valence-corrected chi connectivity index (χ4v) is 13.7. The molecule has 9 heterocycles. The summed E-state index contributed by atoms with van der Waals surface area (Å²) in [6, 6.07) is 98.0. The summed E-state index contributed by atoms with van der Waals surface area (Å²) in [5, 5.41) is 54.5. The Bertz CT molecular complexity index is 7000. The molecule has 18 rings (SSSR count). The largest absolute Gasteiger partial charge is 0.506 e. The smallest absolute Gasteiger partial charge is 0.421 e. The van der Waals surface area contributed by atoms with Crippen molar-refractivity contribution in [3.8, 4) is 17.2 Å². The third-order valence-corrected chi connectivity index (χ3v) is 22.5. The van der Waals surface area contributed by atoms with Crippen molar-refractivity contribution < 1.29 is 51.2 Å². The van der Waals surface area contributed by atoms with Crippen LogP contribution in [0.4, 0.5) is 57.1 Å². The van der Waals surface area contributed by atoms with E-state index in [-0.39, 0.29) is 65.2 Å². The number of azo groups is 2. The molecular formula is C121H156Cl2N24O3+8. The molecule has 1 aliphatic heterocycles. The standard InChI is InChI=1S/C15H13ClN4O.C15H18N3O.C15H16N3.C14H15ClN3.C14H16N3.2C14H14N2.C12H15N4O.8CH4/c1-19-9-10-3-8-13(21)14(15(10)20(19)2)18-17-12-6-4-11(16)5-7-12;1-17-10-8-13(9-11-17)12-16-18(2)14-4-6-15(19-3)7-5-14;1-17-10-5-4-7-14(17)12-16-18-11-9-13-6-2-3-8-15(13)18;1-17-10-4-3-5-14(17)11-16-18(2)13-8-6-12(15)7-9-13;1-16-10-8-13(9-11-16)12-15-17(2)14-6-4-3-5-7-14;1-16-10-8-13(9-11-16)3-2-12-4-6-14(15)7-5-12;1-16-11-3-2-4-14(16)10-7-12-5-8-13(15)9-6-12;1-15-8-9-16(2)12(15)14-13-10-4-6-11(17-3)7-5-10;;;;;;;;/h3-9H,1-2H3;4-12H,1-3H3;2-8,10,12H,9,11H2,1H3;3-11H,1-2H3;3-12H,1-2H3;2*2-11,15H,1H3;4-9H,1-3H3;8*1H4/q;4*+1;;;+1;;;;;;;;/p+3. The van der Waals surface area contributed by atoms with Gasteiger partial charge in [0.2, 0.25) is 23.3 Å². The number of aromatic nitrogens is 10. The van der Waals surface area contributed by atoms with Crippen molar-refractivity contribution in [2.45, 2.75) is 65.8 Å². The third kappa shape index (κ3) is 41.0. The lowest BCUT2D eigenvalue weighted by Gasteiger charge is -2.12. The molecule has 0 bridgehead atoms. The summed E-state index contributed by atoms with van der Waals surface area (Å²) in [6.07, 6.45) is 40.8.